The molecule has 5 nitrogen and oxygen atoms in total. The highest BCUT2D eigenvalue weighted by molar-refractivity contribution is 5.99. The molecule has 0 saturated carbocycles. The molecule has 1 fully saturated rings. The summed E-state index contributed by atoms with van der Waals surface area (Å²) in [6.45, 7) is 2.39. The number of anilines is 1. The number of carbonyl (C=O) groups is 1. The number of hydrogen-bond acceptors (Lipinski definition) is 4. The van der Waals surface area contributed by atoms with E-state index >= 15 is 0 Å². The van der Waals surface area contributed by atoms with Crippen LogP contribution in [0.4, 0.5) is 19.0 Å². The molecule has 1 saturated heterocycles. The summed E-state index contributed by atoms with van der Waals surface area (Å²) in [7, 11) is 0. The van der Waals surface area contributed by atoms with Gasteiger partial charge in [-0.25, -0.2) is 4.98 Å². The number of nitrogens with zero attached hydrogens (tertiary/aromatic N) is 2. The predicted molar refractivity (Wildman–Crippen MR) is 65.6 cm³/mol. The van der Waals surface area contributed by atoms with Crippen molar-refractivity contribution in [1.82, 2.24) is 15.6 Å². The maximum Gasteiger partial charge on any atom is 0.417 e. The van der Waals surface area contributed by atoms with E-state index in [9.17, 15) is 18.0 Å². The second-order valence-electron chi connectivity index (χ2n) is 4.85. The highest BCUT2D eigenvalue weighted by Gasteiger charge is 2.36. The van der Waals surface area contributed by atoms with Crippen molar-refractivity contribution in [3.8, 4) is 0 Å². The highest BCUT2D eigenvalue weighted by atomic mass is 19.4. The molecule has 1 amide bonds. The van der Waals surface area contributed by atoms with Crippen LogP contribution in [0.25, 0.3) is 0 Å². The van der Waals surface area contributed by atoms with Gasteiger partial charge >= 0.3 is 6.18 Å². The Morgan fingerprint density at radius 3 is 2.90 bits per heavy atom. The summed E-state index contributed by atoms with van der Waals surface area (Å²) in [6.07, 6.45) is -3.71. The lowest BCUT2D eigenvalue weighted by atomic mass is 10.1. The van der Waals surface area contributed by atoms with Gasteiger partial charge in [0.2, 0.25) is 0 Å². The predicted octanol–water partition coefficient (Wildman–Crippen LogP) is 0.622. The number of piperazine rings is 1. The van der Waals surface area contributed by atoms with Crippen molar-refractivity contribution in [3.63, 3.8) is 0 Å². The molecule has 2 aliphatic rings. The molecule has 0 bridgehead atoms. The molecule has 0 radical (unpaired) electrons. The fraction of sp³-hybridized carbons (Fsp3) is 0.500. The van der Waals surface area contributed by atoms with Crippen molar-refractivity contribution >= 4 is 11.7 Å². The highest BCUT2D eigenvalue weighted by Crippen LogP contribution is 2.32. The van der Waals surface area contributed by atoms with E-state index in [2.05, 4.69) is 15.6 Å². The van der Waals surface area contributed by atoms with Gasteiger partial charge < -0.3 is 15.5 Å². The number of carbonyl (C=O) groups excluding carboxylic acids is 1. The van der Waals surface area contributed by atoms with Gasteiger partial charge in [0.15, 0.2) is 0 Å². The Bertz CT molecular complexity index is 546. The van der Waals surface area contributed by atoms with E-state index in [0.717, 1.165) is 12.3 Å². The van der Waals surface area contributed by atoms with Crippen LogP contribution in [-0.2, 0) is 6.18 Å². The summed E-state index contributed by atoms with van der Waals surface area (Å²) >= 11 is 0. The van der Waals surface area contributed by atoms with Crippen LogP contribution >= 0.6 is 0 Å². The Morgan fingerprint density at radius 2 is 2.15 bits per heavy atom. The first-order valence-electron chi connectivity index (χ1n) is 6.29. The van der Waals surface area contributed by atoms with Gasteiger partial charge in [0.1, 0.15) is 5.82 Å². The zero-order chi connectivity index (χ0) is 14.3. The Kier molecular flexibility index (Phi) is 3.04. The van der Waals surface area contributed by atoms with Gasteiger partial charge in [-0.15, -0.1) is 0 Å². The number of amides is 1. The Balaban J connectivity index is 2.07. The van der Waals surface area contributed by atoms with Crippen LogP contribution in [0.2, 0.25) is 0 Å². The molecule has 0 aromatic carbocycles. The van der Waals surface area contributed by atoms with E-state index < -0.39 is 17.6 Å². The van der Waals surface area contributed by atoms with Gasteiger partial charge in [-0.2, -0.15) is 13.2 Å². The Hall–Kier alpha value is -1.83. The maximum atomic E-state index is 12.7. The molecule has 3 heterocycles. The molecule has 108 valence electrons. The molecule has 0 aliphatic carbocycles. The molecule has 20 heavy (non-hydrogen) atoms. The van der Waals surface area contributed by atoms with E-state index in [4.69, 9.17) is 0 Å². The van der Waals surface area contributed by atoms with Crippen LogP contribution in [0, 0.1) is 0 Å². The van der Waals surface area contributed by atoms with Crippen molar-refractivity contribution in [1.29, 1.82) is 0 Å². The van der Waals surface area contributed by atoms with E-state index in [1.54, 1.807) is 0 Å². The minimum absolute atomic E-state index is 0.00998. The molecule has 8 heteroatoms. The van der Waals surface area contributed by atoms with Crippen molar-refractivity contribution in [2.24, 2.45) is 0 Å². The van der Waals surface area contributed by atoms with E-state index in [0.29, 0.717) is 32.0 Å². The van der Waals surface area contributed by atoms with E-state index in [-0.39, 0.29) is 11.6 Å². The molecule has 0 unspecified atom stereocenters. The van der Waals surface area contributed by atoms with Crippen molar-refractivity contribution in [3.05, 3.63) is 23.4 Å². The second kappa shape index (κ2) is 4.62. The minimum atomic E-state index is -4.50. The van der Waals surface area contributed by atoms with Gasteiger partial charge in [0, 0.05) is 32.4 Å². The largest absolute Gasteiger partial charge is 0.417 e. The topological polar surface area (TPSA) is 57.3 Å². The lowest BCUT2D eigenvalue weighted by Crippen LogP contribution is -2.54. The molecule has 1 atom stereocenters. The van der Waals surface area contributed by atoms with Gasteiger partial charge in [-0.3, -0.25) is 4.79 Å². The first-order chi connectivity index (χ1) is 9.47. The Morgan fingerprint density at radius 1 is 1.35 bits per heavy atom. The molecular weight excluding hydrogens is 273 g/mol. The lowest BCUT2D eigenvalue weighted by molar-refractivity contribution is -0.137. The number of nitrogens with one attached hydrogen (secondary N) is 2. The number of fused-ring (bicyclic) bond motifs is 3. The summed E-state index contributed by atoms with van der Waals surface area (Å²) in [5.74, 6) is -0.174. The fourth-order valence-electron chi connectivity index (χ4n) is 2.54. The minimum Gasteiger partial charge on any atom is -0.350 e. The summed E-state index contributed by atoms with van der Waals surface area (Å²) in [5.41, 5.74) is -0.913. The maximum absolute atomic E-state index is 12.7. The third kappa shape index (κ3) is 2.20. The van der Waals surface area contributed by atoms with Crippen LogP contribution in [0.5, 0.6) is 0 Å². The molecule has 3 rings (SSSR count). The van der Waals surface area contributed by atoms with Crippen molar-refractivity contribution in [2.75, 3.05) is 31.1 Å². The van der Waals surface area contributed by atoms with Crippen LogP contribution in [0.1, 0.15) is 15.9 Å². The molecule has 0 spiro atoms. The standard InChI is InChI=1S/C12H13F3N4O/c13-12(14,15)7-3-9-10(17-4-7)19-2-1-16-5-8(19)6-18-11(9)20/h3-4,8,16H,1-2,5-6H2,(H,18,20)/t8-/m1/s1. The monoisotopic (exact) mass is 286 g/mol. The summed E-state index contributed by atoms with van der Waals surface area (Å²) in [4.78, 5) is 17.8. The van der Waals surface area contributed by atoms with Crippen LogP contribution in [-0.4, -0.2) is 43.1 Å². The molecule has 1 aromatic rings. The summed E-state index contributed by atoms with van der Waals surface area (Å²) in [5, 5.41) is 5.84. The van der Waals surface area contributed by atoms with E-state index in [1.807, 2.05) is 4.90 Å². The summed E-state index contributed by atoms with van der Waals surface area (Å²) < 4.78 is 38.2. The van der Waals surface area contributed by atoms with Crippen LogP contribution in [0.3, 0.4) is 0 Å². The quantitative estimate of drug-likeness (QED) is 0.734. The lowest BCUT2D eigenvalue weighted by Gasteiger charge is -2.35. The van der Waals surface area contributed by atoms with Crippen LogP contribution < -0.4 is 15.5 Å². The van der Waals surface area contributed by atoms with Gasteiger partial charge in [-0.05, 0) is 6.07 Å². The molecule has 1 aromatic heterocycles. The zero-order valence-electron chi connectivity index (χ0n) is 10.5. The normalized spacial score (nSPS) is 22.6. The van der Waals surface area contributed by atoms with Crippen molar-refractivity contribution in [2.45, 2.75) is 12.2 Å². The smallest absolute Gasteiger partial charge is 0.350 e. The SMILES string of the molecule is O=C1NC[C@H]2CNCCN2c2ncc(C(F)(F)F)cc21. The Labute approximate surface area is 113 Å². The third-order valence-corrected chi connectivity index (χ3v) is 3.56. The first kappa shape index (κ1) is 13.2. The van der Waals surface area contributed by atoms with Gasteiger partial charge in [0.05, 0.1) is 17.2 Å². The first-order valence-corrected chi connectivity index (χ1v) is 6.29. The van der Waals surface area contributed by atoms with Gasteiger partial charge in [-0.1, -0.05) is 0 Å². The fourth-order valence-corrected chi connectivity index (χ4v) is 2.54. The van der Waals surface area contributed by atoms with Gasteiger partial charge in [0.25, 0.3) is 5.91 Å². The second-order valence-corrected chi connectivity index (χ2v) is 4.85. The van der Waals surface area contributed by atoms with Crippen molar-refractivity contribution < 1.29 is 18.0 Å². The molecule has 2 N–H and O–H groups in total. The van der Waals surface area contributed by atoms with Crippen LogP contribution in [0.15, 0.2) is 12.3 Å². The zero-order valence-corrected chi connectivity index (χ0v) is 10.5. The number of aromatic nitrogens is 1. The molecule has 2 aliphatic heterocycles. The summed E-state index contributed by atoms with van der Waals surface area (Å²) in [6, 6.07) is 0.889. The number of alkyl halides is 3. The third-order valence-electron chi connectivity index (χ3n) is 3.56. The average Bonchev–Trinajstić information content (AvgIpc) is 2.56. The number of halogens is 3. The number of pyridine rings is 1. The average molecular weight is 286 g/mol. The number of hydrogen-bond donors (Lipinski definition) is 2. The van der Waals surface area contributed by atoms with E-state index in [1.165, 1.54) is 0 Å². The number of rotatable bonds is 0. The molecular formula is C12H13F3N4O.